The summed E-state index contributed by atoms with van der Waals surface area (Å²) in [5.41, 5.74) is 0.630. The molecule has 0 bridgehead atoms. The Morgan fingerprint density at radius 2 is 2.12 bits per heavy atom. The van der Waals surface area contributed by atoms with Gasteiger partial charge in [-0.2, -0.15) is 0 Å². The Morgan fingerprint density at radius 1 is 1.41 bits per heavy atom. The molecule has 5 nitrogen and oxygen atoms in total. The molecule has 0 radical (unpaired) electrons. The van der Waals surface area contributed by atoms with Gasteiger partial charge >= 0.3 is 0 Å². The van der Waals surface area contributed by atoms with Gasteiger partial charge in [0.2, 0.25) is 5.69 Å². The first kappa shape index (κ1) is 12.4. The summed E-state index contributed by atoms with van der Waals surface area (Å²) < 4.78 is 6.38. The fourth-order valence-corrected chi connectivity index (χ4v) is 2.38. The first-order valence-corrected chi connectivity index (χ1v) is 6.49. The third kappa shape index (κ3) is 2.97. The van der Waals surface area contributed by atoms with Crippen LogP contribution in [-0.2, 0) is 6.54 Å². The van der Waals surface area contributed by atoms with E-state index in [2.05, 4.69) is 10.6 Å². The molecule has 1 aromatic heterocycles. The number of aromatic nitrogens is 2. The molecule has 0 amide bonds. The van der Waals surface area contributed by atoms with Crippen molar-refractivity contribution in [3.8, 4) is 5.95 Å². The van der Waals surface area contributed by atoms with Crippen LogP contribution in [0.25, 0.3) is 0 Å². The molecule has 1 fully saturated rings. The van der Waals surface area contributed by atoms with Gasteiger partial charge in [0, 0.05) is 6.04 Å². The van der Waals surface area contributed by atoms with Crippen LogP contribution in [0, 0.1) is 0 Å². The highest BCUT2D eigenvalue weighted by atomic mass is 16.6. The van der Waals surface area contributed by atoms with E-state index in [1.807, 2.05) is 13.8 Å². The lowest BCUT2D eigenvalue weighted by atomic mass is 9.95. The number of hydrogen-bond donors (Lipinski definition) is 1. The van der Waals surface area contributed by atoms with Crippen molar-refractivity contribution in [2.24, 2.45) is 0 Å². The second kappa shape index (κ2) is 5.49. The van der Waals surface area contributed by atoms with Crippen molar-refractivity contribution in [3.63, 3.8) is 0 Å². The van der Waals surface area contributed by atoms with E-state index in [0.717, 1.165) is 0 Å². The Hall–Kier alpha value is -1.10. The molecule has 1 aliphatic carbocycles. The maximum absolute atomic E-state index is 11.5. The number of rotatable bonds is 4. The van der Waals surface area contributed by atoms with Crippen molar-refractivity contribution >= 4 is 0 Å². The fourth-order valence-electron chi connectivity index (χ4n) is 2.38. The summed E-state index contributed by atoms with van der Waals surface area (Å²) in [6.07, 6.45) is 6.33. The first-order valence-electron chi connectivity index (χ1n) is 6.49. The van der Waals surface area contributed by atoms with E-state index in [1.165, 1.54) is 32.1 Å². The number of nitrogens with zero attached hydrogens (tertiary/aromatic N) is 2. The zero-order chi connectivity index (χ0) is 12.3. The summed E-state index contributed by atoms with van der Waals surface area (Å²) in [6, 6.07) is 0.697. The average molecular weight is 239 g/mol. The molecule has 0 spiro atoms. The molecule has 1 aliphatic rings. The molecule has 0 atom stereocenters. The normalized spacial score (nSPS) is 17.8. The summed E-state index contributed by atoms with van der Waals surface area (Å²) >= 11 is 0. The molecule has 0 unspecified atom stereocenters. The van der Waals surface area contributed by atoms with Crippen molar-refractivity contribution in [2.75, 3.05) is 0 Å². The van der Waals surface area contributed by atoms with Crippen molar-refractivity contribution in [3.05, 3.63) is 5.69 Å². The maximum Gasteiger partial charge on any atom is 0.247 e. The van der Waals surface area contributed by atoms with Crippen LogP contribution in [0.3, 0.4) is 0 Å². The Labute approximate surface area is 102 Å². The fraction of sp³-hybridized carbons (Fsp3) is 0.833. The minimum atomic E-state index is -0.318. The van der Waals surface area contributed by atoms with E-state index in [9.17, 15) is 5.11 Å². The monoisotopic (exact) mass is 239 g/mol. The van der Waals surface area contributed by atoms with Crippen LogP contribution in [0.2, 0.25) is 0 Å². The topological polar surface area (TPSA) is 65.0 Å². The second-order valence-corrected chi connectivity index (χ2v) is 5.06. The van der Waals surface area contributed by atoms with Crippen LogP contribution >= 0.6 is 0 Å². The highest BCUT2D eigenvalue weighted by Crippen LogP contribution is 2.18. The molecular weight excluding hydrogens is 218 g/mol. The Balaban J connectivity index is 1.95. The van der Waals surface area contributed by atoms with Crippen LogP contribution in [0.15, 0.2) is 4.52 Å². The van der Waals surface area contributed by atoms with E-state index in [1.54, 1.807) is 4.68 Å². The second-order valence-electron chi connectivity index (χ2n) is 5.06. The Kier molecular flexibility index (Phi) is 3.99. The lowest BCUT2D eigenvalue weighted by Crippen LogP contribution is -2.44. The van der Waals surface area contributed by atoms with E-state index in [4.69, 9.17) is 4.52 Å². The summed E-state index contributed by atoms with van der Waals surface area (Å²) in [6.45, 7) is 4.54. The summed E-state index contributed by atoms with van der Waals surface area (Å²) in [5, 5.41) is 18.7. The average Bonchev–Trinajstić information content (AvgIpc) is 2.69. The lowest BCUT2D eigenvalue weighted by Gasteiger charge is -2.22. The largest absolute Gasteiger partial charge is 0.539 e. The number of hydrogen-bond acceptors (Lipinski definition) is 4. The zero-order valence-corrected chi connectivity index (χ0v) is 10.6. The molecule has 1 aromatic rings. The predicted molar refractivity (Wildman–Crippen MR) is 60.2 cm³/mol. The van der Waals surface area contributed by atoms with Crippen molar-refractivity contribution in [1.82, 2.24) is 10.6 Å². The van der Waals surface area contributed by atoms with Gasteiger partial charge in [0.1, 0.15) is 0 Å². The van der Waals surface area contributed by atoms with Gasteiger partial charge in [0.05, 0.1) is 11.8 Å². The van der Waals surface area contributed by atoms with Gasteiger partial charge in [-0.05, 0) is 26.7 Å². The van der Waals surface area contributed by atoms with Gasteiger partial charge in [-0.15, -0.1) is 0 Å². The molecule has 96 valence electrons. The van der Waals surface area contributed by atoms with Gasteiger partial charge < -0.3 is 14.9 Å². The van der Waals surface area contributed by atoms with Crippen LogP contribution in [0.1, 0.15) is 57.7 Å². The molecule has 0 aromatic carbocycles. The van der Waals surface area contributed by atoms with Gasteiger partial charge in [-0.25, -0.2) is 0 Å². The highest BCUT2D eigenvalue weighted by molar-refractivity contribution is 5.03. The zero-order valence-electron chi connectivity index (χ0n) is 10.6. The first-order chi connectivity index (χ1) is 8.18. The van der Waals surface area contributed by atoms with Gasteiger partial charge in [0.25, 0.3) is 0 Å². The molecule has 17 heavy (non-hydrogen) atoms. The molecule has 1 heterocycles. The Bertz CT molecular complexity index is 357. The van der Waals surface area contributed by atoms with Crippen molar-refractivity contribution in [2.45, 2.75) is 64.6 Å². The molecular formula is C12H21N3O2. The predicted octanol–water partition coefficient (Wildman–Crippen LogP) is 1.04. The van der Waals surface area contributed by atoms with E-state index >= 15 is 0 Å². The van der Waals surface area contributed by atoms with E-state index in [0.29, 0.717) is 18.3 Å². The molecule has 0 aliphatic heterocycles. The van der Waals surface area contributed by atoms with Crippen LogP contribution < -0.4 is 15.1 Å². The van der Waals surface area contributed by atoms with Gasteiger partial charge in [-0.3, -0.25) is 0 Å². The standard InChI is InChI=1S/C12H21N3O2/c1-9(2)15-11(12(16)17-14-15)8-13-10-6-4-3-5-7-10/h9-10,13H,3-8H2,1-2H3. The summed E-state index contributed by atoms with van der Waals surface area (Å²) in [7, 11) is 0. The third-order valence-electron chi connectivity index (χ3n) is 3.38. The lowest BCUT2D eigenvalue weighted by molar-refractivity contribution is -0.785. The molecule has 1 saturated carbocycles. The molecule has 1 N–H and O–H groups in total. The molecule has 0 saturated heterocycles. The third-order valence-corrected chi connectivity index (χ3v) is 3.38. The quantitative estimate of drug-likeness (QED) is 0.797. The van der Waals surface area contributed by atoms with Crippen LogP contribution in [0.4, 0.5) is 0 Å². The van der Waals surface area contributed by atoms with Crippen LogP contribution in [-0.4, -0.2) is 11.3 Å². The summed E-state index contributed by atoms with van der Waals surface area (Å²) in [4.78, 5) is 0. The summed E-state index contributed by atoms with van der Waals surface area (Å²) in [5.74, 6) is -0.318. The minimum Gasteiger partial charge on any atom is -0.539 e. The smallest absolute Gasteiger partial charge is 0.247 e. The van der Waals surface area contributed by atoms with Crippen LogP contribution in [0.5, 0.6) is 5.95 Å². The van der Waals surface area contributed by atoms with Crippen molar-refractivity contribution < 1.29 is 14.3 Å². The highest BCUT2D eigenvalue weighted by Gasteiger charge is 2.22. The molecule has 2 rings (SSSR count). The Morgan fingerprint density at radius 3 is 2.76 bits per heavy atom. The molecule has 5 heteroatoms. The SMILES string of the molecule is CC(C)[n+]1noc([O-])c1CNC1CCCCC1. The maximum atomic E-state index is 11.5. The van der Waals surface area contributed by atoms with E-state index < -0.39 is 0 Å². The van der Waals surface area contributed by atoms with Gasteiger partial charge in [-0.1, -0.05) is 23.9 Å². The number of nitrogens with one attached hydrogen (secondary N) is 1. The van der Waals surface area contributed by atoms with E-state index in [-0.39, 0.29) is 12.0 Å². The van der Waals surface area contributed by atoms with Crippen molar-refractivity contribution in [1.29, 1.82) is 0 Å². The van der Waals surface area contributed by atoms with Gasteiger partial charge in [0.15, 0.2) is 12.0 Å². The minimum absolute atomic E-state index is 0.157.